The van der Waals surface area contributed by atoms with Crippen LogP contribution in [0.4, 0.5) is 0 Å². The van der Waals surface area contributed by atoms with Crippen LogP contribution in [0, 0.1) is 12.8 Å². The molecule has 6 heteroatoms. The number of aryl methyl sites for hydroxylation is 1. The molecule has 1 N–H and O–H groups in total. The number of rotatable bonds is 4. The fraction of sp³-hybridized carbons (Fsp3) is 0.389. The first-order valence-electron chi connectivity index (χ1n) is 8.18. The molecule has 24 heavy (non-hydrogen) atoms. The molecule has 2 heterocycles. The third kappa shape index (κ3) is 3.48. The van der Waals surface area contributed by atoms with Crippen molar-refractivity contribution in [1.29, 1.82) is 0 Å². The number of aliphatic carboxylic acids is 1. The predicted molar refractivity (Wildman–Crippen MR) is 89.2 cm³/mol. The van der Waals surface area contributed by atoms with E-state index in [0.717, 1.165) is 24.2 Å². The molecule has 0 radical (unpaired) electrons. The number of benzene rings is 1. The van der Waals surface area contributed by atoms with Gasteiger partial charge in [0, 0.05) is 25.2 Å². The SMILES string of the molecule is Cc1cc(C(=O)N2CCC(CC(=O)O)CC2)nn1-c1ccccc1. The summed E-state index contributed by atoms with van der Waals surface area (Å²) >= 11 is 0. The van der Waals surface area contributed by atoms with Crippen molar-refractivity contribution in [2.45, 2.75) is 26.2 Å². The molecule has 1 aliphatic rings. The lowest BCUT2D eigenvalue weighted by Gasteiger charge is -2.30. The highest BCUT2D eigenvalue weighted by Gasteiger charge is 2.26. The standard InChI is InChI=1S/C18H21N3O3/c1-13-11-16(19-21(13)15-5-3-2-4-6-15)18(24)20-9-7-14(8-10-20)12-17(22)23/h2-6,11,14H,7-10,12H2,1H3,(H,22,23). The van der Waals surface area contributed by atoms with Crippen LogP contribution in [0.15, 0.2) is 36.4 Å². The lowest BCUT2D eigenvalue weighted by Crippen LogP contribution is -2.39. The highest BCUT2D eigenvalue weighted by molar-refractivity contribution is 5.92. The number of likely N-dealkylation sites (tertiary alicyclic amines) is 1. The quantitative estimate of drug-likeness (QED) is 0.936. The number of hydrogen-bond donors (Lipinski definition) is 1. The summed E-state index contributed by atoms with van der Waals surface area (Å²) < 4.78 is 1.77. The molecule has 1 amide bonds. The van der Waals surface area contributed by atoms with Crippen LogP contribution < -0.4 is 0 Å². The molecule has 0 unspecified atom stereocenters. The third-order valence-electron chi connectivity index (χ3n) is 4.47. The molecule has 126 valence electrons. The van der Waals surface area contributed by atoms with Gasteiger partial charge in [0.15, 0.2) is 5.69 Å². The first-order valence-corrected chi connectivity index (χ1v) is 8.18. The molecule has 0 atom stereocenters. The van der Waals surface area contributed by atoms with E-state index in [4.69, 9.17) is 5.11 Å². The Balaban J connectivity index is 1.69. The molecule has 2 aromatic rings. The van der Waals surface area contributed by atoms with Crippen molar-refractivity contribution < 1.29 is 14.7 Å². The fourth-order valence-corrected chi connectivity index (χ4v) is 3.16. The molecular formula is C18H21N3O3. The van der Waals surface area contributed by atoms with Gasteiger partial charge in [-0.25, -0.2) is 4.68 Å². The van der Waals surface area contributed by atoms with Crippen molar-refractivity contribution in [3.8, 4) is 5.69 Å². The monoisotopic (exact) mass is 327 g/mol. The number of nitrogens with zero attached hydrogens (tertiary/aromatic N) is 3. The average Bonchev–Trinajstić information content (AvgIpc) is 2.97. The van der Waals surface area contributed by atoms with Crippen molar-refractivity contribution in [3.05, 3.63) is 47.8 Å². The van der Waals surface area contributed by atoms with Crippen molar-refractivity contribution in [2.24, 2.45) is 5.92 Å². The zero-order chi connectivity index (χ0) is 17.1. The van der Waals surface area contributed by atoms with E-state index in [2.05, 4.69) is 5.10 Å². The minimum Gasteiger partial charge on any atom is -0.481 e. The first kappa shape index (κ1) is 16.2. The fourth-order valence-electron chi connectivity index (χ4n) is 3.16. The Morgan fingerprint density at radius 1 is 1.21 bits per heavy atom. The van der Waals surface area contributed by atoms with E-state index in [9.17, 15) is 9.59 Å². The Morgan fingerprint density at radius 3 is 2.50 bits per heavy atom. The normalized spacial score (nSPS) is 15.5. The minimum atomic E-state index is -0.767. The lowest BCUT2D eigenvalue weighted by molar-refractivity contribution is -0.138. The second-order valence-electron chi connectivity index (χ2n) is 6.25. The summed E-state index contributed by atoms with van der Waals surface area (Å²) in [7, 11) is 0. The molecule has 1 aromatic carbocycles. The average molecular weight is 327 g/mol. The summed E-state index contributed by atoms with van der Waals surface area (Å²) in [6.07, 6.45) is 1.65. The van der Waals surface area contributed by atoms with Crippen LogP contribution in [0.5, 0.6) is 0 Å². The highest BCUT2D eigenvalue weighted by Crippen LogP contribution is 2.22. The van der Waals surface area contributed by atoms with E-state index < -0.39 is 5.97 Å². The summed E-state index contributed by atoms with van der Waals surface area (Å²) in [6.45, 7) is 3.11. The topological polar surface area (TPSA) is 75.4 Å². The Labute approximate surface area is 140 Å². The van der Waals surface area contributed by atoms with Crippen molar-refractivity contribution in [3.63, 3.8) is 0 Å². The van der Waals surface area contributed by atoms with Gasteiger partial charge < -0.3 is 10.0 Å². The van der Waals surface area contributed by atoms with Gasteiger partial charge in [-0.3, -0.25) is 9.59 Å². The van der Waals surface area contributed by atoms with Gasteiger partial charge in [0.1, 0.15) is 0 Å². The molecule has 1 saturated heterocycles. The highest BCUT2D eigenvalue weighted by atomic mass is 16.4. The second-order valence-corrected chi connectivity index (χ2v) is 6.25. The zero-order valence-corrected chi connectivity index (χ0v) is 13.7. The van der Waals surface area contributed by atoms with E-state index in [0.29, 0.717) is 18.8 Å². The first-order chi connectivity index (χ1) is 11.5. The van der Waals surface area contributed by atoms with Crippen molar-refractivity contribution in [1.82, 2.24) is 14.7 Å². The molecule has 3 rings (SSSR count). The summed E-state index contributed by atoms with van der Waals surface area (Å²) in [6, 6.07) is 11.5. The number of piperidine rings is 1. The van der Waals surface area contributed by atoms with Crippen LogP contribution in [0.25, 0.3) is 5.69 Å². The molecule has 0 spiro atoms. The molecule has 1 aromatic heterocycles. The molecule has 1 aliphatic heterocycles. The van der Waals surface area contributed by atoms with Gasteiger partial charge in [-0.1, -0.05) is 18.2 Å². The van der Waals surface area contributed by atoms with Gasteiger partial charge in [-0.05, 0) is 43.9 Å². The zero-order valence-electron chi connectivity index (χ0n) is 13.7. The van der Waals surface area contributed by atoms with E-state index in [1.807, 2.05) is 37.3 Å². The Bertz CT molecular complexity index is 731. The minimum absolute atomic E-state index is 0.0819. The maximum absolute atomic E-state index is 12.7. The van der Waals surface area contributed by atoms with Gasteiger partial charge >= 0.3 is 5.97 Å². The van der Waals surface area contributed by atoms with E-state index in [-0.39, 0.29) is 18.2 Å². The van der Waals surface area contributed by atoms with Crippen LogP contribution in [0.2, 0.25) is 0 Å². The van der Waals surface area contributed by atoms with Crippen molar-refractivity contribution in [2.75, 3.05) is 13.1 Å². The van der Waals surface area contributed by atoms with Gasteiger partial charge in [0.2, 0.25) is 0 Å². The van der Waals surface area contributed by atoms with Gasteiger partial charge in [-0.2, -0.15) is 5.10 Å². The maximum atomic E-state index is 12.7. The van der Waals surface area contributed by atoms with Crippen LogP contribution >= 0.6 is 0 Å². The molecule has 6 nitrogen and oxygen atoms in total. The van der Waals surface area contributed by atoms with E-state index in [1.165, 1.54) is 0 Å². The molecule has 0 aliphatic carbocycles. The number of carbonyl (C=O) groups is 2. The Morgan fingerprint density at radius 2 is 1.88 bits per heavy atom. The second kappa shape index (κ2) is 6.86. The molecule has 1 fully saturated rings. The predicted octanol–water partition coefficient (Wildman–Crippen LogP) is 2.51. The number of aromatic nitrogens is 2. The van der Waals surface area contributed by atoms with Crippen LogP contribution in [-0.4, -0.2) is 44.8 Å². The van der Waals surface area contributed by atoms with Crippen LogP contribution in [-0.2, 0) is 4.79 Å². The number of hydrogen-bond acceptors (Lipinski definition) is 3. The van der Waals surface area contributed by atoms with Crippen LogP contribution in [0.3, 0.4) is 0 Å². The third-order valence-corrected chi connectivity index (χ3v) is 4.47. The van der Waals surface area contributed by atoms with Gasteiger partial charge in [0.25, 0.3) is 5.91 Å². The summed E-state index contributed by atoms with van der Waals surface area (Å²) in [5.74, 6) is -0.686. The molecular weight excluding hydrogens is 306 g/mol. The maximum Gasteiger partial charge on any atom is 0.303 e. The Hall–Kier alpha value is -2.63. The van der Waals surface area contributed by atoms with Gasteiger partial charge in [-0.15, -0.1) is 0 Å². The van der Waals surface area contributed by atoms with Crippen molar-refractivity contribution >= 4 is 11.9 Å². The summed E-state index contributed by atoms with van der Waals surface area (Å²) in [4.78, 5) is 25.2. The van der Waals surface area contributed by atoms with E-state index in [1.54, 1.807) is 15.6 Å². The smallest absolute Gasteiger partial charge is 0.303 e. The largest absolute Gasteiger partial charge is 0.481 e. The summed E-state index contributed by atoms with van der Waals surface area (Å²) in [5, 5.41) is 13.3. The van der Waals surface area contributed by atoms with E-state index >= 15 is 0 Å². The number of carboxylic acids is 1. The number of para-hydroxylation sites is 1. The van der Waals surface area contributed by atoms with Crippen LogP contribution in [0.1, 0.15) is 35.4 Å². The summed E-state index contributed by atoms with van der Waals surface area (Å²) in [5.41, 5.74) is 2.27. The number of carbonyl (C=O) groups excluding carboxylic acids is 1. The lowest BCUT2D eigenvalue weighted by atomic mass is 9.93. The van der Waals surface area contributed by atoms with Gasteiger partial charge in [0.05, 0.1) is 5.69 Å². The number of amides is 1. The number of carboxylic acid groups (broad SMARTS) is 1. The Kier molecular flexibility index (Phi) is 4.64. The molecule has 0 saturated carbocycles. The molecule has 0 bridgehead atoms.